The second-order valence-electron chi connectivity index (χ2n) is 3.24. The van der Waals surface area contributed by atoms with Crippen LogP contribution in [-0.4, -0.2) is 19.8 Å². The number of fused-ring (bicyclic) bond motifs is 1. The summed E-state index contributed by atoms with van der Waals surface area (Å²) in [5.74, 6) is 0. The van der Waals surface area contributed by atoms with Crippen molar-refractivity contribution in [2.24, 2.45) is 0 Å². The Balaban J connectivity index is 2.27. The minimum atomic E-state index is 0.307. The highest BCUT2D eigenvalue weighted by atomic mass is 79.9. The molecule has 2 rings (SSSR count). The van der Waals surface area contributed by atoms with E-state index in [4.69, 9.17) is 4.74 Å². The molecule has 1 aliphatic heterocycles. The molecule has 1 atom stereocenters. The van der Waals surface area contributed by atoms with E-state index in [-0.39, 0.29) is 0 Å². The summed E-state index contributed by atoms with van der Waals surface area (Å²) in [6.45, 7) is 0.908. The normalized spacial score (nSPS) is 20.6. The molecule has 1 aliphatic rings. The summed E-state index contributed by atoms with van der Waals surface area (Å²) >= 11 is 3.46. The molecule has 3 heteroatoms. The van der Waals surface area contributed by atoms with Gasteiger partial charge in [0.1, 0.15) is 0 Å². The monoisotopic (exact) mass is 241 g/mol. The average Bonchev–Trinajstić information content (AvgIpc) is 2.16. The molecule has 0 radical (unpaired) electrons. The lowest BCUT2D eigenvalue weighted by Gasteiger charge is -2.25. The van der Waals surface area contributed by atoms with Gasteiger partial charge in [0, 0.05) is 30.2 Å². The van der Waals surface area contributed by atoms with Crippen LogP contribution in [-0.2, 0) is 11.2 Å². The summed E-state index contributed by atoms with van der Waals surface area (Å²) in [6.07, 6.45) is 1.31. The van der Waals surface area contributed by atoms with Gasteiger partial charge in [-0.25, -0.2) is 0 Å². The molecular formula is C10H12BrNO. The molecule has 1 aromatic carbocycles. The molecule has 0 saturated carbocycles. The van der Waals surface area contributed by atoms with Gasteiger partial charge in [-0.2, -0.15) is 0 Å². The van der Waals surface area contributed by atoms with Crippen LogP contribution in [0.2, 0.25) is 0 Å². The Morgan fingerprint density at radius 2 is 2.38 bits per heavy atom. The zero-order valence-electron chi connectivity index (χ0n) is 7.51. The number of halogens is 1. The van der Waals surface area contributed by atoms with E-state index >= 15 is 0 Å². The molecule has 0 saturated heterocycles. The number of hydrogen-bond acceptors (Lipinski definition) is 2. The van der Waals surface area contributed by atoms with Crippen LogP contribution in [0, 0.1) is 0 Å². The van der Waals surface area contributed by atoms with E-state index in [0.717, 1.165) is 17.4 Å². The first-order valence-electron chi connectivity index (χ1n) is 4.34. The smallest absolute Gasteiger partial charge is 0.0784 e. The average molecular weight is 242 g/mol. The van der Waals surface area contributed by atoms with E-state index in [0.29, 0.717) is 6.10 Å². The van der Waals surface area contributed by atoms with Crippen molar-refractivity contribution in [1.29, 1.82) is 0 Å². The highest BCUT2D eigenvalue weighted by Crippen LogP contribution is 2.25. The topological polar surface area (TPSA) is 21.3 Å². The van der Waals surface area contributed by atoms with Gasteiger partial charge in [-0.3, -0.25) is 0 Å². The maximum atomic E-state index is 5.31. The highest BCUT2D eigenvalue weighted by Gasteiger charge is 2.17. The Bertz CT molecular complexity index is 314. The molecule has 0 fully saturated rings. The van der Waals surface area contributed by atoms with Gasteiger partial charge in [-0.15, -0.1) is 0 Å². The quantitative estimate of drug-likeness (QED) is 0.816. The SMILES string of the molecule is COC1CNc2ccc(Br)cc2C1. The van der Waals surface area contributed by atoms with Crippen LogP contribution >= 0.6 is 15.9 Å². The standard InChI is InChI=1S/C10H12BrNO/c1-13-9-5-7-4-8(11)2-3-10(7)12-6-9/h2-4,9,12H,5-6H2,1H3. The van der Waals surface area contributed by atoms with Gasteiger partial charge in [0.2, 0.25) is 0 Å². The minimum absolute atomic E-state index is 0.307. The molecule has 2 nitrogen and oxygen atoms in total. The third-order valence-electron chi connectivity index (χ3n) is 2.37. The number of nitrogens with one attached hydrogen (secondary N) is 1. The Kier molecular flexibility index (Phi) is 2.56. The van der Waals surface area contributed by atoms with Gasteiger partial charge in [-0.1, -0.05) is 15.9 Å². The van der Waals surface area contributed by atoms with Crippen LogP contribution in [0.5, 0.6) is 0 Å². The first-order chi connectivity index (χ1) is 6.29. The van der Waals surface area contributed by atoms with Crippen LogP contribution in [0.3, 0.4) is 0 Å². The Hall–Kier alpha value is -0.540. The third kappa shape index (κ3) is 1.86. The van der Waals surface area contributed by atoms with Crippen molar-refractivity contribution in [3.05, 3.63) is 28.2 Å². The Morgan fingerprint density at radius 1 is 1.54 bits per heavy atom. The summed E-state index contributed by atoms with van der Waals surface area (Å²) in [5, 5.41) is 3.34. The van der Waals surface area contributed by atoms with Crippen molar-refractivity contribution in [3.8, 4) is 0 Å². The van der Waals surface area contributed by atoms with Gasteiger partial charge in [0.25, 0.3) is 0 Å². The van der Waals surface area contributed by atoms with Gasteiger partial charge in [-0.05, 0) is 23.8 Å². The van der Waals surface area contributed by atoms with E-state index in [1.807, 2.05) is 0 Å². The van der Waals surface area contributed by atoms with E-state index < -0.39 is 0 Å². The van der Waals surface area contributed by atoms with Crippen molar-refractivity contribution in [3.63, 3.8) is 0 Å². The molecule has 13 heavy (non-hydrogen) atoms. The van der Waals surface area contributed by atoms with E-state index in [1.165, 1.54) is 11.3 Å². The number of benzene rings is 1. The molecule has 1 aromatic rings. The predicted octanol–water partition coefficient (Wildman–Crippen LogP) is 2.43. The summed E-state index contributed by atoms with van der Waals surface area (Å²) in [5.41, 5.74) is 2.56. The van der Waals surface area contributed by atoms with Crippen LogP contribution in [0.4, 0.5) is 5.69 Å². The number of ether oxygens (including phenoxy) is 1. The lowest BCUT2D eigenvalue weighted by molar-refractivity contribution is 0.111. The van der Waals surface area contributed by atoms with Crippen molar-refractivity contribution < 1.29 is 4.74 Å². The zero-order chi connectivity index (χ0) is 9.26. The maximum absolute atomic E-state index is 5.31. The predicted molar refractivity (Wildman–Crippen MR) is 57.1 cm³/mol. The van der Waals surface area contributed by atoms with Crippen molar-refractivity contribution >= 4 is 21.6 Å². The van der Waals surface area contributed by atoms with Gasteiger partial charge in [0.05, 0.1) is 6.10 Å². The molecule has 0 aromatic heterocycles. The lowest BCUT2D eigenvalue weighted by Crippen LogP contribution is -2.29. The van der Waals surface area contributed by atoms with Crippen LogP contribution in [0.15, 0.2) is 22.7 Å². The second-order valence-corrected chi connectivity index (χ2v) is 4.16. The summed E-state index contributed by atoms with van der Waals surface area (Å²) in [7, 11) is 1.76. The molecule has 0 bridgehead atoms. The fourth-order valence-corrected chi connectivity index (χ4v) is 2.02. The molecule has 1 N–H and O–H groups in total. The maximum Gasteiger partial charge on any atom is 0.0784 e. The fourth-order valence-electron chi connectivity index (χ4n) is 1.61. The molecule has 0 spiro atoms. The van der Waals surface area contributed by atoms with E-state index in [2.05, 4.69) is 39.4 Å². The molecule has 1 unspecified atom stereocenters. The van der Waals surface area contributed by atoms with Gasteiger partial charge < -0.3 is 10.1 Å². The number of methoxy groups -OCH3 is 1. The molecule has 70 valence electrons. The lowest BCUT2D eigenvalue weighted by atomic mass is 10.0. The summed E-state index contributed by atoms with van der Waals surface area (Å²) in [4.78, 5) is 0. The Morgan fingerprint density at radius 3 is 3.15 bits per heavy atom. The van der Waals surface area contributed by atoms with Crippen molar-refractivity contribution in [1.82, 2.24) is 0 Å². The van der Waals surface area contributed by atoms with Gasteiger partial charge in [0.15, 0.2) is 0 Å². The zero-order valence-corrected chi connectivity index (χ0v) is 9.10. The first-order valence-corrected chi connectivity index (χ1v) is 5.14. The largest absolute Gasteiger partial charge is 0.382 e. The van der Waals surface area contributed by atoms with Crippen molar-refractivity contribution in [2.75, 3.05) is 19.0 Å². The van der Waals surface area contributed by atoms with Crippen LogP contribution in [0.1, 0.15) is 5.56 Å². The first kappa shape index (κ1) is 9.03. The molecular weight excluding hydrogens is 230 g/mol. The number of rotatable bonds is 1. The third-order valence-corrected chi connectivity index (χ3v) is 2.86. The summed E-state index contributed by atoms with van der Waals surface area (Å²) < 4.78 is 6.44. The summed E-state index contributed by atoms with van der Waals surface area (Å²) in [6, 6.07) is 6.30. The van der Waals surface area contributed by atoms with Gasteiger partial charge >= 0.3 is 0 Å². The minimum Gasteiger partial charge on any atom is -0.382 e. The Labute approximate surface area is 86.4 Å². The second kappa shape index (κ2) is 3.68. The molecule has 1 heterocycles. The van der Waals surface area contributed by atoms with E-state index in [9.17, 15) is 0 Å². The highest BCUT2D eigenvalue weighted by molar-refractivity contribution is 9.10. The van der Waals surface area contributed by atoms with E-state index in [1.54, 1.807) is 7.11 Å². The number of hydrogen-bond donors (Lipinski definition) is 1. The van der Waals surface area contributed by atoms with Crippen LogP contribution < -0.4 is 5.32 Å². The van der Waals surface area contributed by atoms with Crippen LogP contribution in [0.25, 0.3) is 0 Å². The fraction of sp³-hybridized carbons (Fsp3) is 0.400. The van der Waals surface area contributed by atoms with Crippen molar-refractivity contribution in [2.45, 2.75) is 12.5 Å². The molecule has 0 amide bonds. The molecule has 0 aliphatic carbocycles. The number of anilines is 1.